The molecule has 8 heteroatoms. The van der Waals surface area contributed by atoms with Gasteiger partial charge in [0.25, 0.3) is 0 Å². The number of halogens is 2. The predicted octanol–water partition coefficient (Wildman–Crippen LogP) is 14.2. The molecule has 0 saturated heterocycles. The van der Waals surface area contributed by atoms with E-state index in [2.05, 4.69) is 135 Å². The lowest BCUT2D eigenvalue weighted by molar-refractivity contribution is 0.607. The summed E-state index contributed by atoms with van der Waals surface area (Å²) in [5, 5.41) is 0. The third-order valence-electron chi connectivity index (χ3n) is 14.1. The molecule has 0 amide bonds. The van der Waals surface area contributed by atoms with Gasteiger partial charge in [-0.05, 0) is 163 Å². The maximum Gasteiger partial charge on any atom is 0.123 e. The Morgan fingerprint density at radius 3 is 1.24 bits per heavy atom. The van der Waals surface area contributed by atoms with Gasteiger partial charge >= 0.3 is 0 Å². The number of rotatable bonds is 4. The lowest BCUT2D eigenvalue weighted by atomic mass is 9.72. The van der Waals surface area contributed by atoms with Gasteiger partial charge in [-0.25, -0.2) is 18.8 Å². The first-order valence-corrected chi connectivity index (χ1v) is 25.9. The number of thiophene rings is 2. The Morgan fingerprint density at radius 2 is 0.821 bits per heavy atom. The molecule has 0 N–H and O–H groups in total. The van der Waals surface area contributed by atoms with E-state index in [0.29, 0.717) is 0 Å². The van der Waals surface area contributed by atoms with E-state index in [9.17, 15) is 8.78 Å². The molecular weight excluding hydrogens is 903 g/mol. The average molecular weight is 943 g/mol. The van der Waals surface area contributed by atoms with Crippen LogP contribution in [-0.4, -0.2) is 20.9 Å². The average Bonchev–Trinajstić information content (AvgIpc) is 4.20. The molecule has 2 unspecified atom stereocenters. The number of allylic oxidation sites excluding steroid dienone is 10. The molecule has 324 valence electrons. The van der Waals surface area contributed by atoms with Gasteiger partial charge in [0, 0.05) is 50.2 Å². The van der Waals surface area contributed by atoms with E-state index in [0.717, 1.165) is 105 Å². The zero-order valence-corrected chi connectivity index (χ0v) is 39.8. The Hall–Kier alpha value is -6.16. The van der Waals surface area contributed by atoms with Crippen LogP contribution in [0.15, 0.2) is 223 Å². The monoisotopic (exact) mass is 942 g/mol. The highest BCUT2D eigenvalue weighted by molar-refractivity contribution is 8.09. The Balaban J connectivity index is 1.14. The van der Waals surface area contributed by atoms with Gasteiger partial charge in [-0.15, -0.1) is 46.2 Å². The van der Waals surface area contributed by atoms with Gasteiger partial charge in [0.05, 0.1) is 32.3 Å². The summed E-state index contributed by atoms with van der Waals surface area (Å²) in [6, 6.07) is 43.7. The molecule has 2 atom stereocenters. The van der Waals surface area contributed by atoms with Gasteiger partial charge in [-0.3, -0.25) is 0 Å². The van der Waals surface area contributed by atoms with E-state index in [1.54, 1.807) is 22.7 Å². The summed E-state index contributed by atoms with van der Waals surface area (Å²) in [5.74, 6) is -0.555. The van der Waals surface area contributed by atoms with Crippen LogP contribution in [-0.2, 0) is 0 Å². The quantitative estimate of drug-likeness (QED) is 0.176. The van der Waals surface area contributed by atoms with Crippen LogP contribution in [0.25, 0.3) is 22.3 Å². The molecule has 12 bridgehead atoms. The van der Waals surface area contributed by atoms with Crippen molar-refractivity contribution in [1.82, 2.24) is 0 Å². The summed E-state index contributed by atoms with van der Waals surface area (Å²) >= 11 is 7.38. The highest BCUT2D eigenvalue weighted by Crippen LogP contribution is 2.70. The third-order valence-corrected chi connectivity index (χ3v) is 19.8. The molecule has 2 aliphatic carbocycles. The van der Waals surface area contributed by atoms with Crippen molar-refractivity contribution in [2.45, 2.75) is 42.6 Å². The molecule has 2 nitrogen and oxygen atoms in total. The van der Waals surface area contributed by atoms with Crippen molar-refractivity contribution in [2.75, 3.05) is 0 Å². The maximum atomic E-state index is 14.6. The Bertz CT molecular complexity index is 3480. The van der Waals surface area contributed by atoms with Gasteiger partial charge < -0.3 is 0 Å². The van der Waals surface area contributed by atoms with Crippen molar-refractivity contribution in [3.05, 3.63) is 265 Å². The van der Waals surface area contributed by atoms with E-state index in [4.69, 9.17) is 9.98 Å². The van der Waals surface area contributed by atoms with Crippen molar-refractivity contribution < 1.29 is 8.78 Å². The second-order valence-electron chi connectivity index (χ2n) is 17.9. The van der Waals surface area contributed by atoms with Crippen LogP contribution < -0.4 is 9.06 Å². The zero-order chi connectivity index (χ0) is 45.0. The molecule has 4 aromatic carbocycles. The van der Waals surface area contributed by atoms with Gasteiger partial charge in [0.1, 0.15) is 11.6 Å². The molecule has 6 aromatic rings. The van der Waals surface area contributed by atoms with E-state index in [1.165, 1.54) is 56.4 Å². The number of hydrogen-bond acceptors (Lipinski definition) is 6. The lowest BCUT2D eigenvalue weighted by Gasteiger charge is -2.47. The second kappa shape index (κ2) is 15.7. The molecule has 7 aliphatic rings. The van der Waals surface area contributed by atoms with Gasteiger partial charge in [-0.1, -0.05) is 84.9 Å². The lowest BCUT2D eigenvalue weighted by Crippen LogP contribution is -2.47. The van der Waals surface area contributed by atoms with Gasteiger partial charge in [-0.2, -0.15) is 0 Å². The molecule has 2 aromatic heterocycles. The Morgan fingerprint density at radius 1 is 0.433 bits per heavy atom. The number of hydrogen-bond donors (Lipinski definition) is 0. The summed E-state index contributed by atoms with van der Waals surface area (Å²) in [5.41, 5.74) is 17.6. The van der Waals surface area contributed by atoms with Crippen LogP contribution >= 0.6 is 46.2 Å². The van der Waals surface area contributed by atoms with Crippen molar-refractivity contribution in [2.24, 2.45) is 9.98 Å². The van der Waals surface area contributed by atoms with Crippen molar-refractivity contribution in [1.29, 1.82) is 0 Å². The molecular formula is C59H40F2N2S4. The van der Waals surface area contributed by atoms with E-state index in [-0.39, 0.29) is 21.1 Å². The molecule has 1 fully saturated rings. The zero-order valence-electron chi connectivity index (χ0n) is 36.6. The van der Waals surface area contributed by atoms with Crippen LogP contribution in [0.1, 0.15) is 55.4 Å². The first-order valence-electron chi connectivity index (χ1n) is 22.6. The largest absolute Gasteiger partial charge is 0.248 e. The fraction of sp³-hybridized carbons (Fsp3) is 0.119. The molecule has 67 heavy (non-hydrogen) atoms. The maximum absolute atomic E-state index is 14.6. The first kappa shape index (κ1) is 41.1. The minimum absolute atomic E-state index is 0.277. The van der Waals surface area contributed by atoms with E-state index in [1.807, 2.05) is 47.8 Å². The number of fused-ring (bicyclic) bond motifs is 9. The molecule has 0 spiro atoms. The fourth-order valence-electron chi connectivity index (χ4n) is 10.8. The standard InChI is InChI=1S/C59H40F2N2S4/c1-58-42-32-52(66-58)56(34-10-5-3-6-11-34)46-26-24-44(62-46)54(36-16-20-38(60)21-17-36)50-30-28-48(64-50)49-29-31-51(65-49)55(37-18-22-39(61)23-19-37)45-25-27-47(63-45)57(35-12-7-4-8-13-35)53-33-43(59(58,2)67-53)41-15-9-14-40(41)42/h3-8,10-13,16-33H,9,14-15H2,1-2H3. The molecule has 5 aliphatic heterocycles. The summed E-state index contributed by atoms with van der Waals surface area (Å²) in [4.78, 5) is 13.5. The molecule has 7 heterocycles. The Kier molecular flexibility index (Phi) is 9.63. The first-order chi connectivity index (χ1) is 32.7. The normalized spacial score (nSPS) is 22.7. The van der Waals surface area contributed by atoms with Crippen LogP contribution in [0.3, 0.4) is 0 Å². The van der Waals surface area contributed by atoms with Crippen LogP contribution in [0, 0.1) is 20.7 Å². The van der Waals surface area contributed by atoms with Gasteiger partial charge in [0.15, 0.2) is 0 Å². The Labute approximate surface area is 404 Å². The molecule has 1 saturated carbocycles. The summed E-state index contributed by atoms with van der Waals surface area (Å²) < 4.78 is 32.8. The smallest absolute Gasteiger partial charge is 0.123 e. The van der Waals surface area contributed by atoms with E-state index < -0.39 is 0 Å². The van der Waals surface area contributed by atoms with Crippen LogP contribution in [0.5, 0.6) is 0 Å². The fourth-order valence-corrected chi connectivity index (χ4v) is 16.4. The van der Waals surface area contributed by atoms with Gasteiger partial charge in [0.2, 0.25) is 0 Å². The number of nitrogens with zero attached hydrogens (tertiary/aromatic N) is 2. The third kappa shape index (κ3) is 6.55. The minimum atomic E-state index is -0.304. The van der Waals surface area contributed by atoms with Crippen LogP contribution in [0.4, 0.5) is 8.78 Å². The topological polar surface area (TPSA) is 24.7 Å². The predicted molar refractivity (Wildman–Crippen MR) is 279 cm³/mol. The van der Waals surface area contributed by atoms with E-state index >= 15 is 0 Å². The van der Waals surface area contributed by atoms with Crippen molar-refractivity contribution in [3.63, 3.8) is 0 Å². The molecule has 13 rings (SSSR count). The second-order valence-corrected chi connectivity index (χ2v) is 23.0. The molecule has 0 radical (unpaired) electrons. The summed E-state index contributed by atoms with van der Waals surface area (Å²) in [6.07, 6.45) is 16.9. The highest BCUT2D eigenvalue weighted by atomic mass is 32.2. The number of aliphatic imine (C=N–C) groups is 2. The van der Waals surface area contributed by atoms with Crippen molar-refractivity contribution in [3.8, 4) is 0 Å². The summed E-state index contributed by atoms with van der Waals surface area (Å²) in [7, 11) is 0. The minimum Gasteiger partial charge on any atom is -0.248 e. The SMILES string of the molecule is CC12SC3=CC1=C1CCCC1=C1C=C(SC12C)C(c1ccccc1)=C1C=CC(=N1)C(c1ccc(F)cc1)=c1ccc(s1)=c1ccc(s1)=C(c1ccc(F)cc1)C1=NC(=C3c2ccccc2)C=C1. The number of thioether (sulfide) groups is 2. The highest BCUT2D eigenvalue weighted by Gasteiger charge is 2.60. The summed E-state index contributed by atoms with van der Waals surface area (Å²) in [6.45, 7) is 4.95. The number of benzene rings is 4. The van der Waals surface area contributed by atoms with Crippen LogP contribution in [0.2, 0.25) is 0 Å². The van der Waals surface area contributed by atoms with Crippen molar-refractivity contribution >= 4 is 79.9 Å².